The molecule has 0 unspecified atom stereocenters. The van der Waals surface area contributed by atoms with E-state index in [9.17, 15) is 9.59 Å². The lowest BCUT2D eigenvalue weighted by Crippen LogP contribution is -2.50. The first kappa shape index (κ1) is 11.8. The number of carboxylic acid groups (broad SMARTS) is 1. The maximum Gasteiger partial charge on any atom is 0.328 e. The molecule has 2 amide bonds. The molecule has 6 heteroatoms. The molecule has 0 aliphatic carbocycles. The van der Waals surface area contributed by atoms with Gasteiger partial charge < -0.3 is 20.4 Å². The average Bonchev–Trinajstić information content (AvgIpc) is 2.26. The summed E-state index contributed by atoms with van der Waals surface area (Å²) in [5.74, 6) is -1.22. The topological polar surface area (TPSA) is 89.9 Å². The van der Waals surface area contributed by atoms with E-state index in [1.165, 1.54) is 0 Å². The van der Waals surface area contributed by atoms with E-state index in [1.54, 1.807) is 4.90 Å². The normalized spacial score (nSPS) is 18.3. The van der Waals surface area contributed by atoms with Crippen LogP contribution in [0.2, 0.25) is 0 Å². The molecule has 0 radical (unpaired) electrons. The molecule has 3 N–H and O–H groups in total. The standard InChI is InChI=1S/C9H16N2O4/c12-6-7(8(13)14)10-9(15)11-4-2-1-3-5-11/h7,12H,1-6H2,(H,10,15)(H,13,14)/t7-/m0/s1. The van der Waals surface area contributed by atoms with Crippen LogP contribution in [0.25, 0.3) is 0 Å². The largest absolute Gasteiger partial charge is 0.480 e. The third kappa shape index (κ3) is 3.39. The molecule has 1 aliphatic heterocycles. The zero-order valence-electron chi connectivity index (χ0n) is 8.48. The summed E-state index contributed by atoms with van der Waals surface area (Å²) in [5, 5.41) is 19.6. The van der Waals surface area contributed by atoms with Gasteiger partial charge in [0.2, 0.25) is 0 Å². The van der Waals surface area contributed by atoms with Crippen LogP contribution in [-0.4, -0.2) is 52.9 Å². The Hall–Kier alpha value is -1.30. The van der Waals surface area contributed by atoms with Crippen molar-refractivity contribution in [3.8, 4) is 0 Å². The lowest BCUT2D eigenvalue weighted by Gasteiger charge is -2.27. The van der Waals surface area contributed by atoms with E-state index >= 15 is 0 Å². The van der Waals surface area contributed by atoms with Crippen LogP contribution in [0.1, 0.15) is 19.3 Å². The molecule has 1 aliphatic rings. The monoisotopic (exact) mass is 216 g/mol. The van der Waals surface area contributed by atoms with Gasteiger partial charge in [0.1, 0.15) is 0 Å². The Balaban J connectivity index is 2.42. The second-order valence-corrected chi connectivity index (χ2v) is 3.57. The summed E-state index contributed by atoms with van der Waals surface area (Å²) in [4.78, 5) is 23.6. The van der Waals surface area contributed by atoms with Gasteiger partial charge in [-0.25, -0.2) is 9.59 Å². The van der Waals surface area contributed by atoms with Crippen molar-refractivity contribution >= 4 is 12.0 Å². The van der Waals surface area contributed by atoms with Gasteiger partial charge in [-0.05, 0) is 19.3 Å². The smallest absolute Gasteiger partial charge is 0.328 e. The predicted octanol–water partition coefficient (Wildman–Crippen LogP) is -0.373. The van der Waals surface area contributed by atoms with Crippen molar-refractivity contribution in [3.63, 3.8) is 0 Å². The number of amides is 2. The van der Waals surface area contributed by atoms with Crippen LogP contribution in [0.3, 0.4) is 0 Å². The van der Waals surface area contributed by atoms with Crippen molar-refractivity contribution < 1.29 is 19.8 Å². The number of likely N-dealkylation sites (tertiary alicyclic amines) is 1. The summed E-state index contributed by atoms with van der Waals surface area (Å²) in [6.07, 6.45) is 3.00. The fourth-order valence-corrected chi connectivity index (χ4v) is 1.52. The minimum Gasteiger partial charge on any atom is -0.480 e. The summed E-state index contributed by atoms with van der Waals surface area (Å²) < 4.78 is 0. The molecule has 0 aromatic rings. The van der Waals surface area contributed by atoms with Gasteiger partial charge in [0.25, 0.3) is 0 Å². The molecule has 1 rings (SSSR count). The van der Waals surface area contributed by atoms with Crippen molar-refractivity contribution in [2.75, 3.05) is 19.7 Å². The molecular formula is C9H16N2O4. The maximum atomic E-state index is 11.5. The summed E-state index contributed by atoms with van der Waals surface area (Å²) in [5.41, 5.74) is 0. The molecule has 1 atom stereocenters. The Labute approximate surface area is 87.9 Å². The summed E-state index contributed by atoms with van der Waals surface area (Å²) >= 11 is 0. The van der Waals surface area contributed by atoms with Crippen LogP contribution in [-0.2, 0) is 4.79 Å². The Bertz CT molecular complexity index is 238. The van der Waals surface area contributed by atoms with Crippen molar-refractivity contribution in [2.45, 2.75) is 25.3 Å². The number of nitrogens with one attached hydrogen (secondary N) is 1. The molecule has 0 aromatic heterocycles. The van der Waals surface area contributed by atoms with E-state index in [0.717, 1.165) is 19.3 Å². The van der Waals surface area contributed by atoms with E-state index in [2.05, 4.69) is 5.32 Å². The first-order valence-corrected chi connectivity index (χ1v) is 5.04. The highest BCUT2D eigenvalue weighted by Crippen LogP contribution is 2.08. The molecule has 1 fully saturated rings. The van der Waals surface area contributed by atoms with E-state index in [-0.39, 0.29) is 0 Å². The number of carbonyl (C=O) groups is 2. The van der Waals surface area contributed by atoms with E-state index in [4.69, 9.17) is 10.2 Å². The Morgan fingerprint density at radius 1 is 1.27 bits per heavy atom. The molecule has 6 nitrogen and oxygen atoms in total. The highest BCUT2D eigenvalue weighted by molar-refractivity contribution is 5.82. The molecule has 0 aromatic carbocycles. The van der Waals surface area contributed by atoms with E-state index in [1.807, 2.05) is 0 Å². The molecular weight excluding hydrogens is 200 g/mol. The minimum absolute atomic E-state index is 0.406. The van der Waals surface area contributed by atoms with Gasteiger partial charge in [0, 0.05) is 13.1 Å². The number of aliphatic carboxylic acids is 1. The van der Waals surface area contributed by atoms with Crippen LogP contribution in [0.5, 0.6) is 0 Å². The quantitative estimate of drug-likeness (QED) is 0.600. The van der Waals surface area contributed by atoms with Crippen LogP contribution in [0, 0.1) is 0 Å². The molecule has 15 heavy (non-hydrogen) atoms. The number of carbonyl (C=O) groups excluding carboxylic acids is 1. The van der Waals surface area contributed by atoms with Crippen LogP contribution in [0.4, 0.5) is 4.79 Å². The van der Waals surface area contributed by atoms with E-state index in [0.29, 0.717) is 13.1 Å². The number of hydrogen-bond acceptors (Lipinski definition) is 3. The molecule has 1 saturated heterocycles. The number of carboxylic acids is 1. The number of aliphatic hydroxyl groups excluding tert-OH is 1. The number of nitrogens with zero attached hydrogens (tertiary/aromatic N) is 1. The first-order valence-electron chi connectivity index (χ1n) is 5.04. The Morgan fingerprint density at radius 2 is 1.87 bits per heavy atom. The van der Waals surface area contributed by atoms with Gasteiger partial charge in [-0.2, -0.15) is 0 Å². The van der Waals surface area contributed by atoms with Crippen molar-refractivity contribution in [2.24, 2.45) is 0 Å². The van der Waals surface area contributed by atoms with Crippen LogP contribution >= 0.6 is 0 Å². The Morgan fingerprint density at radius 3 is 2.33 bits per heavy atom. The minimum atomic E-state index is -1.22. The van der Waals surface area contributed by atoms with Crippen LogP contribution in [0.15, 0.2) is 0 Å². The van der Waals surface area contributed by atoms with Gasteiger partial charge in [-0.15, -0.1) is 0 Å². The highest BCUT2D eigenvalue weighted by atomic mass is 16.4. The predicted molar refractivity (Wildman–Crippen MR) is 52.5 cm³/mol. The lowest BCUT2D eigenvalue weighted by atomic mass is 10.1. The summed E-state index contributed by atoms with van der Waals surface area (Å²) in [6, 6.07) is -1.62. The summed E-state index contributed by atoms with van der Waals surface area (Å²) in [7, 11) is 0. The fourth-order valence-electron chi connectivity index (χ4n) is 1.52. The van der Waals surface area contributed by atoms with E-state index < -0.39 is 24.6 Å². The van der Waals surface area contributed by atoms with Gasteiger partial charge in [0.05, 0.1) is 6.61 Å². The second kappa shape index (κ2) is 5.55. The molecule has 0 saturated carbocycles. The molecule has 0 bridgehead atoms. The third-order valence-electron chi connectivity index (χ3n) is 2.42. The summed E-state index contributed by atoms with van der Waals surface area (Å²) in [6.45, 7) is 0.724. The average molecular weight is 216 g/mol. The zero-order chi connectivity index (χ0) is 11.3. The molecule has 1 heterocycles. The number of rotatable bonds is 3. The zero-order valence-corrected chi connectivity index (χ0v) is 8.48. The highest BCUT2D eigenvalue weighted by Gasteiger charge is 2.23. The van der Waals surface area contributed by atoms with Gasteiger partial charge in [-0.3, -0.25) is 0 Å². The Kier molecular flexibility index (Phi) is 4.36. The molecule has 86 valence electrons. The number of hydrogen-bond donors (Lipinski definition) is 3. The third-order valence-corrected chi connectivity index (χ3v) is 2.42. The lowest BCUT2D eigenvalue weighted by molar-refractivity contribution is -0.140. The van der Waals surface area contributed by atoms with Crippen molar-refractivity contribution in [3.05, 3.63) is 0 Å². The number of aliphatic hydroxyl groups is 1. The van der Waals surface area contributed by atoms with Crippen molar-refractivity contribution in [1.29, 1.82) is 0 Å². The maximum absolute atomic E-state index is 11.5. The van der Waals surface area contributed by atoms with Gasteiger partial charge in [-0.1, -0.05) is 0 Å². The van der Waals surface area contributed by atoms with Gasteiger partial charge in [0.15, 0.2) is 6.04 Å². The number of piperidine rings is 1. The molecule has 0 spiro atoms. The van der Waals surface area contributed by atoms with Crippen LogP contribution < -0.4 is 5.32 Å². The second-order valence-electron chi connectivity index (χ2n) is 3.57. The van der Waals surface area contributed by atoms with Crippen molar-refractivity contribution in [1.82, 2.24) is 10.2 Å². The number of urea groups is 1. The van der Waals surface area contributed by atoms with Gasteiger partial charge >= 0.3 is 12.0 Å². The SMILES string of the molecule is O=C(O)[C@H](CO)NC(=O)N1CCCCC1. The fraction of sp³-hybridized carbons (Fsp3) is 0.778. The first-order chi connectivity index (χ1) is 7.15.